The van der Waals surface area contributed by atoms with Crippen LogP contribution in [-0.2, 0) is 5.41 Å². The van der Waals surface area contributed by atoms with E-state index in [9.17, 15) is 0 Å². The average molecular weight is 272 g/mol. The first-order valence-electron chi connectivity index (χ1n) is 8.38. The van der Waals surface area contributed by atoms with Crippen LogP contribution < -0.4 is 0 Å². The SMILES string of the molecule is [c]1ccc2c(c1)C1(CC3CCC(CC3)C1)c1c[c]ccc1-2. The summed E-state index contributed by atoms with van der Waals surface area (Å²) in [6.07, 6.45) is 8.49. The maximum Gasteiger partial charge on any atom is 0.0220 e. The van der Waals surface area contributed by atoms with Gasteiger partial charge in [-0.1, -0.05) is 49.9 Å². The molecule has 104 valence electrons. The lowest BCUT2D eigenvalue weighted by molar-refractivity contribution is 0.308. The molecule has 0 amide bonds. The molecule has 0 heterocycles. The summed E-state index contributed by atoms with van der Waals surface area (Å²) < 4.78 is 0. The summed E-state index contributed by atoms with van der Waals surface area (Å²) in [5.74, 6) is 1.84. The normalized spacial score (nSPS) is 28.2. The highest BCUT2D eigenvalue weighted by Crippen LogP contribution is 2.59. The Morgan fingerprint density at radius 1 is 0.762 bits per heavy atom. The highest BCUT2D eigenvalue weighted by Gasteiger charge is 2.48. The third-order valence-corrected chi connectivity index (χ3v) is 6.29. The molecule has 0 N–H and O–H groups in total. The van der Waals surface area contributed by atoms with Gasteiger partial charge in [-0.05, 0) is 71.2 Å². The van der Waals surface area contributed by atoms with E-state index in [0.29, 0.717) is 0 Å². The van der Waals surface area contributed by atoms with Crippen molar-refractivity contribution >= 4 is 0 Å². The van der Waals surface area contributed by atoms with Crippen molar-refractivity contribution in [3.05, 3.63) is 59.7 Å². The summed E-state index contributed by atoms with van der Waals surface area (Å²) in [5, 5.41) is 0. The van der Waals surface area contributed by atoms with Crippen molar-refractivity contribution in [3.63, 3.8) is 0 Å². The molecule has 6 rings (SSSR count). The van der Waals surface area contributed by atoms with E-state index >= 15 is 0 Å². The smallest absolute Gasteiger partial charge is 0.0220 e. The van der Waals surface area contributed by atoms with Gasteiger partial charge in [0.15, 0.2) is 0 Å². The minimum Gasteiger partial charge on any atom is -0.0537 e. The van der Waals surface area contributed by atoms with Gasteiger partial charge in [0, 0.05) is 5.41 Å². The summed E-state index contributed by atoms with van der Waals surface area (Å²) in [7, 11) is 0. The Morgan fingerprint density at radius 2 is 1.24 bits per heavy atom. The Kier molecular flexibility index (Phi) is 2.42. The Bertz CT molecular complexity index is 627. The van der Waals surface area contributed by atoms with Crippen LogP contribution in [-0.4, -0.2) is 0 Å². The number of hydrogen-bond acceptors (Lipinski definition) is 0. The van der Waals surface area contributed by atoms with Crippen LogP contribution in [0.15, 0.2) is 36.4 Å². The third kappa shape index (κ3) is 1.56. The minimum atomic E-state index is 0.266. The highest BCUT2D eigenvalue weighted by molar-refractivity contribution is 5.80. The fraction of sp³-hybridized carbons (Fsp3) is 0.429. The summed E-state index contributed by atoms with van der Waals surface area (Å²) in [6, 6.07) is 20.0. The van der Waals surface area contributed by atoms with E-state index in [1.54, 1.807) is 11.1 Å². The fourth-order valence-corrected chi connectivity index (χ4v) is 5.42. The van der Waals surface area contributed by atoms with Gasteiger partial charge in [0.1, 0.15) is 0 Å². The molecule has 21 heavy (non-hydrogen) atoms. The second-order valence-corrected chi connectivity index (χ2v) is 7.32. The Morgan fingerprint density at radius 3 is 1.71 bits per heavy atom. The van der Waals surface area contributed by atoms with Gasteiger partial charge in [0.05, 0.1) is 0 Å². The monoisotopic (exact) mass is 272 g/mol. The maximum absolute atomic E-state index is 3.36. The van der Waals surface area contributed by atoms with Gasteiger partial charge >= 0.3 is 0 Å². The highest BCUT2D eigenvalue weighted by atomic mass is 14.5. The molecule has 2 radical (unpaired) electrons. The molecule has 3 saturated carbocycles. The first-order chi connectivity index (χ1) is 10.4. The lowest BCUT2D eigenvalue weighted by atomic mass is 9.70. The second kappa shape index (κ2) is 4.22. The van der Waals surface area contributed by atoms with E-state index in [-0.39, 0.29) is 5.41 Å². The topological polar surface area (TPSA) is 0 Å². The first kappa shape index (κ1) is 12.0. The standard InChI is InChI=1S/C21H20/c1-3-7-19-17(5-1)18-6-2-4-8-20(18)21(19)13-15-9-10-16(14-21)12-11-15/h1-2,5-8,15-16H,9-14H2. The average Bonchev–Trinajstić information content (AvgIpc) is 2.70. The zero-order chi connectivity index (χ0) is 13.9. The molecule has 4 aliphatic carbocycles. The van der Waals surface area contributed by atoms with Crippen molar-refractivity contribution in [3.8, 4) is 11.1 Å². The molecule has 0 aromatic heterocycles. The van der Waals surface area contributed by atoms with Crippen molar-refractivity contribution in [1.29, 1.82) is 0 Å². The van der Waals surface area contributed by atoms with E-state index in [0.717, 1.165) is 11.8 Å². The van der Waals surface area contributed by atoms with Crippen LogP contribution in [0.5, 0.6) is 0 Å². The van der Waals surface area contributed by atoms with Crippen LogP contribution in [0.25, 0.3) is 11.1 Å². The zero-order valence-corrected chi connectivity index (χ0v) is 12.4. The Labute approximate surface area is 127 Å². The summed E-state index contributed by atoms with van der Waals surface area (Å²) in [4.78, 5) is 0. The molecule has 2 bridgehead atoms. The predicted octanol–water partition coefficient (Wildman–Crippen LogP) is 5.15. The van der Waals surface area contributed by atoms with Gasteiger partial charge in [-0.25, -0.2) is 0 Å². The van der Waals surface area contributed by atoms with E-state index in [4.69, 9.17) is 0 Å². The molecule has 0 unspecified atom stereocenters. The van der Waals surface area contributed by atoms with Crippen LogP contribution in [0.1, 0.15) is 49.7 Å². The van der Waals surface area contributed by atoms with Crippen LogP contribution in [0, 0.1) is 24.0 Å². The van der Waals surface area contributed by atoms with Crippen LogP contribution in [0.3, 0.4) is 0 Å². The molecule has 0 nitrogen and oxygen atoms in total. The number of hydrogen-bond donors (Lipinski definition) is 0. The quantitative estimate of drug-likeness (QED) is 0.622. The molecule has 2 aromatic carbocycles. The summed E-state index contributed by atoms with van der Waals surface area (Å²) in [6.45, 7) is 0. The van der Waals surface area contributed by atoms with Gasteiger partial charge in [-0.3, -0.25) is 0 Å². The van der Waals surface area contributed by atoms with Crippen LogP contribution >= 0.6 is 0 Å². The van der Waals surface area contributed by atoms with Gasteiger partial charge in [0.25, 0.3) is 0 Å². The first-order valence-corrected chi connectivity index (χ1v) is 8.38. The van der Waals surface area contributed by atoms with E-state index in [2.05, 4.69) is 48.5 Å². The second-order valence-electron chi connectivity index (χ2n) is 7.32. The molecular weight excluding hydrogens is 252 g/mol. The fourth-order valence-electron chi connectivity index (χ4n) is 5.42. The lowest BCUT2D eigenvalue weighted by Crippen LogP contribution is -2.27. The Balaban J connectivity index is 1.79. The van der Waals surface area contributed by atoms with Crippen molar-refractivity contribution in [1.82, 2.24) is 0 Å². The lowest BCUT2D eigenvalue weighted by Gasteiger charge is -2.32. The zero-order valence-electron chi connectivity index (χ0n) is 12.4. The Hall–Kier alpha value is -1.56. The van der Waals surface area contributed by atoms with Crippen molar-refractivity contribution in [2.45, 2.75) is 43.9 Å². The number of rotatable bonds is 0. The molecule has 0 aliphatic heterocycles. The van der Waals surface area contributed by atoms with Crippen molar-refractivity contribution < 1.29 is 0 Å². The summed E-state index contributed by atoms with van der Waals surface area (Å²) in [5.41, 5.74) is 6.29. The van der Waals surface area contributed by atoms with E-state index in [1.807, 2.05) is 0 Å². The van der Waals surface area contributed by atoms with Crippen LogP contribution in [0.4, 0.5) is 0 Å². The van der Waals surface area contributed by atoms with Crippen LogP contribution in [0.2, 0.25) is 0 Å². The molecule has 2 aromatic rings. The van der Waals surface area contributed by atoms with Gasteiger partial charge < -0.3 is 0 Å². The van der Waals surface area contributed by atoms with Gasteiger partial charge in [-0.15, -0.1) is 0 Å². The molecule has 4 aliphatic rings. The molecule has 1 spiro atoms. The predicted molar refractivity (Wildman–Crippen MR) is 85.0 cm³/mol. The molecule has 0 atom stereocenters. The minimum absolute atomic E-state index is 0.266. The van der Waals surface area contributed by atoms with E-state index < -0.39 is 0 Å². The van der Waals surface area contributed by atoms with Crippen molar-refractivity contribution in [2.75, 3.05) is 0 Å². The molecule has 3 fully saturated rings. The summed E-state index contributed by atoms with van der Waals surface area (Å²) >= 11 is 0. The van der Waals surface area contributed by atoms with E-state index in [1.165, 1.54) is 49.7 Å². The largest absolute Gasteiger partial charge is 0.0537 e. The molecule has 0 heteroatoms. The van der Waals surface area contributed by atoms with Gasteiger partial charge in [0.2, 0.25) is 0 Å². The maximum atomic E-state index is 3.36. The van der Waals surface area contributed by atoms with Crippen molar-refractivity contribution in [2.24, 2.45) is 11.8 Å². The number of fused-ring (bicyclic) bond motifs is 5. The molecular formula is C21H20. The molecule has 0 saturated heterocycles. The third-order valence-electron chi connectivity index (χ3n) is 6.29. The van der Waals surface area contributed by atoms with Gasteiger partial charge in [-0.2, -0.15) is 0 Å². The number of benzene rings is 2.